The standard InChI is InChI=1S/C25H33N7O3/c1-15(28-16(2)33)5-8-32-24(31-7-4-6-26-31)21(14-27-32)23(35)29-22-19-9-18-10-20(22)13-25(11-18,12-19)30-17(3)34/h4-8,14-15,18-20,22H,9-13H2,1-3H3,(H,28,33)(H,29,35)(H,30,34)/b8-5+. The molecule has 10 heteroatoms. The third-order valence-electron chi connectivity index (χ3n) is 7.69. The molecule has 4 aliphatic carbocycles. The first-order valence-corrected chi connectivity index (χ1v) is 12.4. The van der Waals surface area contributed by atoms with Gasteiger partial charge in [-0.3, -0.25) is 14.4 Å². The Morgan fingerprint density at radius 2 is 1.86 bits per heavy atom. The summed E-state index contributed by atoms with van der Waals surface area (Å²) in [5, 5.41) is 18.1. The van der Waals surface area contributed by atoms with Crippen molar-refractivity contribution in [1.29, 1.82) is 0 Å². The molecule has 4 fully saturated rings. The summed E-state index contributed by atoms with van der Waals surface area (Å²) in [7, 11) is 0. The van der Waals surface area contributed by atoms with E-state index in [0.29, 0.717) is 29.1 Å². The van der Waals surface area contributed by atoms with E-state index in [1.165, 1.54) is 6.92 Å². The molecule has 0 radical (unpaired) electrons. The molecule has 3 unspecified atom stereocenters. The summed E-state index contributed by atoms with van der Waals surface area (Å²) in [4.78, 5) is 36.7. The fraction of sp³-hybridized carbons (Fsp3) is 0.560. The zero-order valence-electron chi connectivity index (χ0n) is 20.4. The van der Waals surface area contributed by atoms with E-state index in [-0.39, 0.29) is 35.3 Å². The van der Waals surface area contributed by atoms with E-state index in [2.05, 4.69) is 26.1 Å². The van der Waals surface area contributed by atoms with Crippen LogP contribution in [-0.2, 0) is 9.59 Å². The Hall–Kier alpha value is -3.43. The molecule has 0 saturated heterocycles. The van der Waals surface area contributed by atoms with Gasteiger partial charge in [-0.25, -0.2) is 9.36 Å². The molecule has 0 aliphatic heterocycles. The van der Waals surface area contributed by atoms with Crippen LogP contribution in [-0.4, -0.2) is 54.9 Å². The Labute approximate surface area is 204 Å². The van der Waals surface area contributed by atoms with Gasteiger partial charge in [0.25, 0.3) is 5.91 Å². The lowest BCUT2D eigenvalue weighted by atomic mass is 9.51. The van der Waals surface area contributed by atoms with E-state index in [4.69, 9.17) is 0 Å². The number of hydrogen-bond acceptors (Lipinski definition) is 5. The van der Waals surface area contributed by atoms with Gasteiger partial charge in [-0.2, -0.15) is 10.2 Å². The Kier molecular flexibility index (Phi) is 5.98. The number of rotatable bonds is 7. The third kappa shape index (κ3) is 4.61. The lowest BCUT2D eigenvalue weighted by Crippen LogP contribution is -2.66. The molecule has 2 heterocycles. The van der Waals surface area contributed by atoms with Crippen molar-refractivity contribution in [2.45, 2.75) is 70.5 Å². The first-order chi connectivity index (χ1) is 16.7. The number of aromatic nitrogens is 4. The molecular weight excluding hydrogens is 446 g/mol. The van der Waals surface area contributed by atoms with Gasteiger partial charge in [0, 0.05) is 50.1 Å². The second-order valence-corrected chi connectivity index (χ2v) is 10.5. The van der Waals surface area contributed by atoms with Gasteiger partial charge in [-0.1, -0.05) is 0 Å². The molecular formula is C25H33N7O3. The van der Waals surface area contributed by atoms with Crippen LogP contribution in [0.4, 0.5) is 0 Å². The Morgan fingerprint density at radius 1 is 1.11 bits per heavy atom. The summed E-state index contributed by atoms with van der Waals surface area (Å²) in [5.74, 6) is 1.62. The van der Waals surface area contributed by atoms with Crippen LogP contribution in [0.15, 0.2) is 30.7 Å². The summed E-state index contributed by atoms with van der Waals surface area (Å²) in [5.41, 5.74) is 0.334. The summed E-state index contributed by atoms with van der Waals surface area (Å²) < 4.78 is 3.22. The zero-order chi connectivity index (χ0) is 24.7. The summed E-state index contributed by atoms with van der Waals surface area (Å²) in [6.45, 7) is 4.93. The van der Waals surface area contributed by atoms with Gasteiger partial charge in [-0.15, -0.1) is 0 Å². The van der Waals surface area contributed by atoms with Crippen molar-refractivity contribution in [1.82, 2.24) is 35.5 Å². The largest absolute Gasteiger partial charge is 0.351 e. The predicted molar refractivity (Wildman–Crippen MR) is 129 cm³/mol. The molecule has 3 amide bonds. The molecule has 0 spiro atoms. The minimum Gasteiger partial charge on any atom is -0.351 e. The predicted octanol–water partition coefficient (Wildman–Crippen LogP) is 1.88. The number of nitrogens with zero attached hydrogens (tertiary/aromatic N) is 4. The van der Waals surface area contributed by atoms with Crippen molar-refractivity contribution in [2.24, 2.45) is 17.8 Å². The summed E-state index contributed by atoms with van der Waals surface area (Å²) >= 11 is 0. The van der Waals surface area contributed by atoms with Crippen molar-refractivity contribution in [3.8, 4) is 5.82 Å². The molecule has 4 aliphatic rings. The highest BCUT2D eigenvalue weighted by Gasteiger charge is 2.56. The Bertz CT molecular complexity index is 1140. The Morgan fingerprint density at radius 3 is 2.49 bits per heavy atom. The van der Waals surface area contributed by atoms with Crippen LogP contribution >= 0.6 is 0 Å². The molecule has 10 nitrogen and oxygen atoms in total. The van der Waals surface area contributed by atoms with E-state index in [9.17, 15) is 14.4 Å². The summed E-state index contributed by atoms with van der Waals surface area (Å²) in [6.07, 6.45) is 13.6. The lowest BCUT2D eigenvalue weighted by Gasteiger charge is -2.60. The minimum absolute atomic E-state index is 0.0321. The van der Waals surface area contributed by atoms with Gasteiger partial charge >= 0.3 is 0 Å². The molecule has 186 valence electrons. The van der Waals surface area contributed by atoms with Gasteiger partial charge in [0.15, 0.2) is 5.82 Å². The molecule has 4 saturated carbocycles. The number of nitrogens with one attached hydrogen (secondary N) is 3. The van der Waals surface area contributed by atoms with Crippen LogP contribution in [0.2, 0.25) is 0 Å². The fourth-order valence-electron chi connectivity index (χ4n) is 6.84. The quantitative estimate of drug-likeness (QED) is 0.560. The van der Waals surface area contributed by atoms with Crippen molar-refractivity contribution in [3.05, 3.63) is 36.3 Å². The normalized spacial score (nSPS) is 29.8. The van der Waals surface area contributed by atoms with E-state index in [1.807, 2.05) is 13.0 Å². The fourth-order valence-corrected chi connectivity index (χ4v) is 6.84. The van der Waals surface area contributed by atoms with E-state index >= 15 is 0 Å². The highest BCUT2D eigenvalue weighted by molar-refractivity contribution is 5.97. The van der Waals surface area contributed by atoms with Crippen molar-refractivity contribution >= 4 is 23.9 Å². The first-order valence-electron chi connectivity index (χ1n) is 12.4. The van der Waals surface area contributed by atoms with Crippen molar-refractivity contribution in [3.63, 3.8) is 0 Å². The van der Waals surface area contributed by atoms with Crippen molar-refractivity contribution < 1.29 is 14.4 Å². The van der Waals surface area contributed by atoms with Crippen molar-refractivity contribution in [2.75, 3.05) is 0 Å². The van der Waals surface area contributed by atoms with Gasteiger partial charge in [0.05, 0.1) is 6.20 Å². The average Bonchev–Trinajstić information content (AvgIpc) is 3.42. The summed E-state index contributed by atoms with van der Waals surface area (Å²) in [6, 6.07) is 1.69. The third-order valence-corrected chi connectivity index (χ3v) is 7.69. The molecule has 0 aromatic carbocycles. The topological polar surface area (TPSA) is 123 Å². The van der Waals surface area contributed by atoms with Crippen LogP contribution in [0, 0.1) is 17.8 Å². The van der Waals surface area contributed by atoms with E-state index in [0.717, 1.165) is 32.1 Å². The van der Waals surface area contributed by atoms with Crippen LogP contribution in [0.5, 0.6) is 0 Å². The smallest absolute Gasteiger partial charge is 0.257 e. The van der Waals surface area contributed by atoms with Gasteiger partial charge in [-0.05, 0) is 68.9 Å². The molecule has 3 N–H and O–H groups in total. The SMILES string of the molecule is CC(=O)NC(C)/C=C/n1ncc(C(=O)NC2C3CC4CC2CC(NC(C)=O)(C4)C3)c1-n1cccn1. The van der Waals surface area contributed by atoms with E-state index < -0.39 is 0 Å². The first kappa shape index (κ1) is 23.3. The highest BCUT2D eigenvalue weighted by atomic mass is 16.2. The second-order valence-electron chi connectivity index (χ2n) is 10.5. The second kappa shape index (κ2) is 8.98. The van der Waals surface area contributed by atoms with Crippen LogP contribution in [0.3, 0.4) is 0 Å². The maximum Gasteiger partial charge on any atom is 0.257 e. The monoisotopic (exact) mass is 479 g/mol. The maximum atomic E-state index is 13.6. The number of carbonyl (C=O) groups is 3. The number of carbonyl (C=O) groups excluding carboxylic acids is 3. The Balaban J connectivity index is 1.37. The van der Waals surface area contributed by atoms with E-state index in [1.54, 1.807) is 47.1 Å². The lowest BCUT2D eigenvalue weighted by molar-refractivity contribution is -0.125. The van der Waals surface area contributed by atoms with Crippen LogP contribution < -0.4 is 16.0 Å². The molecule has 35 heavy (non-hydrogen) atoms. The molecule has 3 atom stereocenters. The molecule has 2 aromatic rings. The zero-order valence-corrected chi connectivity index (χ0v) is 20.4. The minimum atomic E-state index is -0.191. The number of amides is 3. The highest BCUT2D eigenvalue weighted by Crippen LogP contribution is 2.55. The number of hydrogen-bond donors (Lipinski definition) is 3. The average molecular weight is 480 g/mol. The molecule has 6 rings (SSSR count). The maximum absolute atomic E-state index is 13.6. The van der Waals surface area contributed by atoms with Gasteiger partial charge in [0.2, 0.25) is 11.8 Å². The van der Waals surface area contributed by atoms with Crippen LogP contribution in [0.25, 0.3) is 12.0 Å². The molecule has 4 bridgehead atoms. The van der Waals surface area contributed by atoms with Gasteiger partial charge < -0.3 is 16.0 Å². The van der Waals surface area contributed by atoms with Gasteiger partial charge in [0.1, 0.15) is 5.56 Å². The molecule has 2 aromatic heterocycles. The van der Waals surface area contributed by atoms with Crippen LogP contribution in [0.1, 0.15) is 63.2 Å².